The number of rotatable bonds is 6. The number of ether oxygens (including phenoxy) is 1. The van der Waals surface area contributed by atoms with Gasteiger partial charge in [0.2, 0.25) is 0 Å². The molecule has 182 valence electrons. The minimum absolute atomic E-state index is 0.0923. The Labute approximate surface area is 208 Å². The van der Waals surface area contributed by atoms with Crippen LogP contribution in [0.25, 0.3) is 11.6 Å². The van der Waals surface area contributed by atoms with Crippen LogP contribution >= 0.6 is 11.6 Å². The lowest BCUT2D eigenvalue weighted by atomic mass is 10.0. The fourth-order valence-electron chi connectivity index (χ4n) is 4.05. The highest BCUT2D eigenvalue weighted by molar-refractivity contribution is 7.92. The molecular formula is C26H23ClFNO5S. The van der Waals surface area contributed by atoms with E-state index < -0.39 is 27.9 Å². The van der Waals surface area contributed by atoms with Gasteiger partial charge in [-0.1, -0.05) is 41.9 Å². The van der Waals surface area contributed by atoms with Crippen LogP contribution in [0.4, 0.5) is 10.1 Å². The molecule has 0 saturated carbocycles. The summed E-state index contributed by atoms with van der Waals surface area (Å²) in [5, 5.41) is 9.52. The van der Waals surface area contributed by atoms with E-state index in [1.807, 2.05) is 0 Å². The summed E-state index contributed by atoms with van der Waals surface area (Å²) in [6, 6.07) is 15.8. The third-order valence-corrected chi connectivity index (χ3v) is 7.73. The molecule has 0 aliphatic carbocycles. The Kier molecular flexibility index (Phi) is 6.87. The van der Waals surface area contributed by atoms with Crippen LogP contribution in [0.2, 0.25) is 5.02 Å². The number of sulfonamides is 1. The number of nitrogens with zero attached hydrogens (tertiary/aromatic N) is 1. The highest BCUT2D eigenvalue weighted by atomic mass is 35.5. The van der Waals surface area contributed by atoms with Crippen LogP contribution in [-0.2, 0) is 14.8 Å². The highest BCUT2D eigenvalue weighted by Crippen LogP contribution is 2.39. The lowest BCUT2D eigenvalue weighted by Gasteiger charge is -2.35. The summed E-state index contributed by atoms with van der Waals surface area (Å²) in [7, 11) is -4.02. The average Bonchev–Trinajstić information content (AvgIpc) is 2.78. The molecule has 9 heteroatoms. The Morgan fingerprint density at radius 1 is 1.20 bits per heavy atom. The van der Waals surface area contributed by atoms with Gasteiger partial charge in [0.1, 0.15) is 17.7 Å². The number of fused-ring (bicyclic) bond motifs is 1. The van der Waals surface area contributed by atoms with Crippen molar-refractivity contribution in [2.75, 3.05) is 10.8 Å². The van der Waals surface area contributed by atoms with Crippen molar-refractivity contribution in [1.29, 1.82) is 0 Å². The molecule has 0 aromatic heterocycles. The van der Waals surface area contributed by atoms with E-state index in [-0.39, 0.29) is 39.9 Å². The summed E-state index contributed by atoms with van der Waals surface area (Å²) in [5.41, 5.74) is 2.46. The number of carboxylic acid groups (broad SMARTS) is 1. The molecule has 0 fully saturated rings. The number of allylic oxidation sites excluding steroid dienone is 1. The Hall–Kier alpha value is -3.36. The van der Waals surface area contributed by atoms with Crippen molar-refractivity contribution in [2.24, 2.45) is 0 Å². The standard InChI is InChI=1S/C26H23ClFNO5S/c1-16-5-3-6-20(11-16)35(32,33)29-15-19(14-25(30)31)34-24-10-9-18(13-23(24)29)12-17(2)26-21(27)7-4-8-22(26)28/h3-13,19H,14-15H2,1-2H3,(H,30,31)/b17-12+/t19-/m0/s1. The smallest absolute Gasteiger partial charge is 0.307 e. The second-order valence-corrected chi connectivity index (χ2v) is 10.6. The zero-order valence-corrected chi connectivity index (χ0v) is 20.6. The fourth-order valence-corrected chi connectivity index (χ4v) is 5.96. The first kappa shape index (κ1) is 24.8. The van der Waals surface area contributed by atoms with Gasteiger partial charge in [-0.3, -0.25) is 9.10 Å². The molecule has 6 nitrogen and oxygen atoms in total. The maximum atomic E-state index is 14.4. The van der Waals surface area contributed by atoms with Crippen molar-refractivity contribution in [1.82, 2.24) is 0 Å². The Morgan fingerprint density at radius 3 is 2.63 bits per heavy atom. The van der Waals surface area contributed by atoms with Crippen molar-refractivity contribution < 1.29 is 27.4 Å². The van der Waals surface area contributed by atoms with Crippen LogP contribution in [0.15, 0.2) is 65.6 Å². The van der Waals surface area contributed by atoms with Gasteiger partial charge in [-0.25, -0.2) is 12.8 Å². The molecule has 1 N–H and O–H groups in total. The zero-order valence-electron chi connectivity index (χ0n) is 19.0. The third-order valence-electron chi connectivity index (χ3n) is 5.63. The summed E-state index contributed by atoms with van der Waals surface area (Å²) >= 11 is 6.19. The van der Waals surface area contributed by atoms with E-state index in [1.165, 1.54) is 22.5 Å². The molecule has 1 aliphatic rings. The average molecular weight is 516 g/mol. The van der Waals surface area contributed by atoms with E-state index in [1.54, 1.807) is 62.4 Å². The van der Waals surface area contributed by atoms with Crippen LogP contribution in [0, 0.1) is 12.7 Å². The second kappa shape index (κ2) is 9.71. The quantitative estimate of drug-likeness (QED) is 0.421. The maximum Gasteiger partial charge on any atom is 0.307 e. The summed E-state index contributed by atoms with van der Waals surface area (Å²) in [4.78, 5) is 11.4. The molecule has 0 radical (unpaired) electrons. The zero-order chi connectivity index (χ0) is 25.3. The van der Waals surface area contributed by atoms with Gasteiger partial charge in [0, 0.05) is 5.56 Å². The number of carboxylic acids is 1. The fraction of sp³-hybridized carbons (Fsp3) is 0.192. The number of aryl methyl sites for hydroxylation is 1. The lowest BCUT2D eigenvalue weighted by molar-refractivity contribution is -0.138. The normalized spacial score (nSPS) is 15.9. The van der Waals surface area contributed by atoms with Crippen LogP contribution in [0.5, 0.6) is 5.75 Å². The van der Waals surface area contributed by atoms with E-state index in [2.05, 4.69) is 0 Å². The molecule has 1 aliphatic heterocycles. The van der Waals surface area contributed by atoms with Crippen LogP contribution in [0.1, 0.15) is 30.0 Å². The van der Waals surface area contributed by atoms with Gasteiger partial charge in [-0.05, 0) is 66.9 Å². The number of anilines is 1. The number of aliphatic carboxylic acids is 1. The van der Waals surface area contributed by atoms with Crippen LogP contribution < -0.4 is 9.04 Å². The SMILES string of the molecule is C/C(=C\c1ccc2c(c1)N(S(=O)(=O)c1cccc(C)c1)C[C@H](CC(=O)O)O2)c1c(F)cccc1Cl. The van der Waals surface area contributed by atoms with Gasteiger partial charge in [-0.2, -0.15) is 0 Å². The van der Waals surface area contributed by atoms with Crippen molar-refractivity contribution in [2.45, 2.75) is 31.3 Å². The number of carbonyl (C=O) groups is 1. The van der Waals surface area contributed by atoms with Gasteiger partial charge in [0.25, 0.3) is 10.0 Å². The predicted octanol–water partition coefficient (Wildman–Crippen LogP) is 5.78. The van der Waals surface area contributed by atoms with Gasteiger partial charge in [-0.15, -0.1) is 0 Å². The molecule has 0 amide bonds. The highest BCUT2D eigenvalue weighted by Gasteiger charge is 2.35. The minimum atomic E-state index is -4.02. The van der Waals surface area contributed by atoms with Gasteiger partial charge in [0.15, 0.2) is 0 Å². The van der Waals surface area contributed by atoms with Crippen molar-refractivity contribution in [3.05, 3.63) is 88.2 Å². The monoisotopic (exact) mass is 515 g/mol. The Bertz CT molecular complexity index is 1420. The first-order valence-electron chi connectivity index (χ1n) is 10.8. The first-order chi connectivity index (χ1) is 16.6. The van der Waals surface area contributed by atoms with E-state index in [0.29, 0.717) is 11.1 Å². The molecular weight excluding hydrogens is 493 g/mol. The van der Waals surface area contributed by atoms with Crippen molar-refractivity contribution in [3.63, 3.8) is 0 Å². The van der Waals surface area contributed by atoms with E-state index >= 15 is 0 Å². The molecule has 1 atom stereocenters. The first-order valence-corrected chi connectivity index (χ1v) is 12.6. The maximum absolute atomic E-state index is 14.4. The summed E-state index contributed by atoms with van der Waals surface area (Å²) in [6.45, 7) is 3.34. The minimum Gasteiger partial charge on any atom is -0.486 e. The van der Waals surface area contributed by atoms with E-state index in [9.17, 15) is 22.7 Å². The predicted molar refractivity (Wildman–Crippen MR) is 134 cm³/mol. The number of hydrogen-bond donors (Lipinski definition) is 1. The summed E-state index contributed by atoms with van der Waals surface area (Å²) < 4.78 is 48.6. The lowest BCUT2D eigenvalue weighted by Crippen LogP contribution is -2.44. The van der Waals surface area contributed by atoms with Crippen molar-refractivity contribution in [3.8, 4) is 5.75 Å². The molecule has 3 aromatic carbocycles. The van der Waals surface area contributed by atoms with Gasteiger partial charge >= 0.3 is 5.97 Å². The Morgan fingerprint density at radius 2 is 1.94 bits per heavy atom. The number of benzene rings is 3. The third kappa shape index (κ3) is 5.18. The summed E-state index contributed by atoms with van der Waals surface area (Å²) in [6.07, 6.45) is 0.483. The number of hydrogen-bond acceptors (Lipinski definition) is 4. The van der Waals surface area contributed by atoms with Crippen LogP contribution in [-0.4, -0.2) is 32.1 Å². The Balaban J connectivity index is 1.81. The molecule has 0 saturated heterocycles. The molecule has 0 unspecified atom stereocenters. The van der Waals surface area contributed by atoms with Crippen molar-refractivity contribution >= 4 is 44.9 Å². The van der Waals surface area contributed by atoms with Gasteiger partial charge < -0.3 is 9.84 Å². The molecule has 0 bridgehead atoms. The van der Waals surface area contributed by atoms with Crippen LogP contribution in [0.3, 0.4) is 0 Å². The second-order valence-electron chi connectivity index (χ2n) is 8.34. The molecule has 35 heavy (non-hydrogen) atoms. The van der Waals surface area contributed by atoms with E-state index in [0.717, 1.165) is 5.56 Å². The largest absolute Gasteiger partial charge is 0.486 e. The van der Waals surface area contributed by atoms with E-state index in [4.69, 9.17) is 16.3 Å². The number of halogens is 2. The molecule has 3 aromatic rings. The summed E-state index contributed by atoms with van der Waals surface area (Å²) in [5.74, 6) is -1.31. The molecule has 4 rings (SSSR count). The van der Waals surface area contributed by atoms with Gasteiger partial charge in [0.05, 0.1) is 28.6 Å². The topological polar surface area (TPSA) is 83.9 Å². The molecule has 1 heterocycles. The molecule has 0 spiro atoms.